The summed E-state index contributed by atoms with van der Waals surface area (Å²) in [5.74, 6) is -1.18. The van der Waals surface area contributed by atoms with Crippen LogP contribution in [0.25, 0.3) is 0 Å². The van der Waals surface area contributed by atoms with Crippen LogP contribution < -0.4 is 5.32 Å². The van der Waals surface area contributed by atoms with E-state index in [2.05, 4.69) is 5.32 Å². The lowest BCUT2D eigenvalue weighted by molar-refractivity contribution is -0.159. The van der Waals surface area contributed by atoms with Crippen LogP contribution in [0, 0.1) is 10.8 Å². The van der Waals surface area contributed by atoms with E-state index in [1.165, 1.54) is 0 Å². The highest BCUT2D eigenvalue weighted by Gasteiger charge is 2.43. The minimum absolute atomic E-state index is 0.198. The van der Waals surface area contributed by atoms with E-state index in [9.17, 15) is 18.0 Å². The third-order valence-electron chi connectivity index (χ3n) is 3.17. The molecule has 0 spiro atoms. The van der Waals surface area contributed by atoms with Gasteiger partial charge in [-0.2, -0.15) is 0 Å². The normalized spacial score (nSPS) is 25.4. The van der Waals surface area contributed by atoms with Gasteiger partial charge in [-0.3, -0.25) is 9.59 Å². The quantitative estimate of drug-likeness (QED) is 0.764. The fourth-order valence-corrected chi connectivity index (χ4v) is 3.55. The van der Waals surface area contributed by atoms with Gasteiger partial charge in [-0.05, 0) is 20.8 Å². The molecule has 1 aliphatic rings. The molecule has 0 aliphatic carbocycles. The Kier molecular flexibility index (Phi) is 4.77. The lowest BCUT2D eigenvalue weighted by Gasteiger charge is -2.26. The van der Waals surface area contributed by atoms with Gasteiger partial charge in [0.25, 0.3) is 0 Å². The number of carbonyl (C=O) groups is 2. The largest absolute Gasteiger partial charge is 0.459 e. The van der Waals surface area contributed by atoms with E-state index in [4.69, 9.17) is 4.74 Å². The highest BCUT2D eigenvalue weighted by atomic mass is 32.2. The van der Waals surface area contributed by atoms with Crippen LogP contribution in [0.4, 0.5) is 0 Å². The van der Waals surface area contributed by atoms with Gasteiger partial charge in [0.15, 0.2) is 9.84 Å². The minimum Gasteiger partial charge on any atom is -0.459 e. The Balaban J connectivity index is 2.86. The smallest absolute Gasteiger partial charge is 0.311 e. The van der Waals surface area contributed by atoms with Crippen molar-refractivity contribution in [2.75, 3.05) is 11.5 Å². The van der Waals surface area contributed by atoms with Gasteiger partial charge in [0.2, 0.25) is 5.91 Å². The van der Waals surface area contributed by atoms with Gasteiger partial charge in [-0.25, -0.2) is 8.42 Å². The van der Waals surface area contributed by atoms with Crippen LogP contribution in [0.1, 0.15) is 41.5 Å². The predicted octanol–water partition coefficient (Wildman–Crippen LogP) is 0.904. The van der Waals surface area contributed by atoms with Crippen molar-refractivity contribution in [2.24, 2.45) is 10.8 Å². The summed E-state index contributed by atoms with van der Waals surface area (Å²) < 4.78 is 28.8. The van der Waals surface area contributed by atoms with Gasteiger partial charge in [0, 0.05) is 5.41 Å². The van der Waals surface area contributed by atoms with E-state index in [0.29, 0.717) is 0 Å². The second-order valence-electron chi connectivity index (χ2n) is 7.60. The molecular formula is C14H25NO5S. The first-order chi connectivity index (χ1) is 9.22. The Morgan fingerprint density at radius 2 is 1.52 bits per heavy atom. The molecule has 0 aromatic carbocycles. The van der Waals surface area contributed by atoms with Gasteiger partial charge in [-0.1, -0.05) is 20.8 Å². The molecule has 1 amide bonds. The zero-order valence-electron chi connectivity index (χ0n) is 13.5. The molecule has 1 rings (SSSR count). The van der Waals surface area contributed by atoms with Crippen molar-refractivity contribution in [3.63, 3.8) is 0 Å². The molecule has 2 atom stereocenters. The molecule has 1 aliphatic heterocycles. The first kappa shape index (κ1) is 17.9. The standard InChI is InChI=1S/C14H25NO5S/c1-13(2,3)11(16)15-9-7-21(18,19)8-10(9)20-12(17)14(4,5)6/h9-10H,7-8H2,1-6H3,(H,15,16)/t9-,10+/m1/s1. The summed E-state index contributed by atoms with van der Waals surface area (Å²) in [7, 11) is -3.32. The van der Waals surface area contributed by atoms with Gasteiger partial charge >= 0.3 is 5.97 Å². The number of ether oxygens (including phenoxy) is 1. The topological polar surface area (TPSA) is 89.5 Å². The Bertz CT molecular complexity index is 483. The highest BCUT2D eigenvalue weighted by molar-refractivity contribution is 7.91. The predicted molar refractivity (Wildman–Crippen MR) is 79.4 cm³/mol. The zero-order chi connectivity index (χ0) is 16.6. The monoisotopic (exact) mass is 319 g/mol. The number of rotatable bonds is 2. The van der Waals surface area contributed by atoms with Crippen molar-refractivity contribution in [1.82, 2.24) is 5.32 Å². The Morgan fingerprint density at radius 1 is 1.00 bits per heavy atom. The summed E-state index contributed by atoms with van der Waals surface area (Å²) in [6, 6.07) is -0.687. The molecule has 6 nitrogen and oxygen atoms in total. The zero-order valence-corrected chi connectivity index (χ0v) is 14.3. The van der Waals surface area contributed by atoms with Crippen molar-refractivity contribution in [2.45, 2.75) is 53.7 Å². The Hall–Kier alpha value is -1.11. The molecule has 1 fully saturated rings. The van der Waals surface area contributed by atoms with E-state index < -0.39 is 38.8 Å². The SMILES string of the molecule is CC(C)(C)C(=O)N[C@@H]1CS(=O)(=O)C[C@@H]1OC(=O)C(C)(C)C. The molecule has 1 saturated heterocycles. The maximum absolute atomic E-state index is 12.0. The Morgan fingerprint density at radius 3 is 1.95 bits per heavy atom. The lowest BCUT2D eigenvalue weighted by Crippen LogP contribution is -2.49. The maximum atomic E-state index is 12.0. The van der Waals surface area contributed by atoms with Crippen molar-refractivity contribution in [3.8, 4) is 0 Å². The summed E-state index contributed by atoms with van der Waals surface area (Å²) >= 11 is 0. The summed E-state index contributed by atoms with van der Waals surface area (Å²) in [5.41, 5.74) is -1.35. The summed E-state index contributed by atoms with van der Waals surface area (Å²) in [6.07, 6.45) is -0.826. The van der Waals surface area contributed by atoms with Gasteiger partial charge in [-0.15, -0.1) is 0 Å². The van der Waals surface area contributed by atoms with Crippen LogP contribution in [-0.2, 0) is 24.2 Å². The van der Waals surface area contributed by atoms with E-state index in [1.807, 2.05) is 0 Å². The molecule has 0 unspecified atom stereocenters. The molecule has 0 aromatic rings. The van der Waals surface area contributed by atoms with Crippen LogP contribution in [-0.4, -0.2) is 43.9 Å². The number of sulfone groups is 1. The van der Waals surface area contributed by atoms with Gasteiger partial charge < -0.3 is 10.1 Å². The van der Waals surface area contributed by atoms with E-state index in [-0.39, 0.29) is 17.4 Å². The average Bonchev–Trinajstić information content (AvgIpc) is 2.50. The number of hydrogen-bond acceptors (Lipinski definition) is 5. The number of carbonyl (C=O) groups excluding carboxylic acids is 2. The molecule has 0 saturated carbocycles. The maximum Gasteiger partial charge on any atom is 0.311 e. The third-order valence-corrected chi connectivity index (χ3v) is 4.87. The third kappa shape index (κ3) is 4.98. The molecule has 0 aromatic heterocycles. The summed E-state index contributed by atoms with van der Waals surface area (Å²) in [5, 5.41) is 2.69. The van der Waals surface area contributed by atoms with Crippen molar-refractivity contribution < 1.29 is 22.7 Å². The Labute approximate surface area is 126 Å². The molecule has 1 N–H and O–H groups in total. The summed E-state index contributed by atoms with van der Waals surface area (Å²) in [6.45, 7) is 10.3. The van der Waals surface area contributed by atoms with Gasteiger partial charge in [0.05, 0.1) is 23.0 Å². The molecular weight excluding hydrogens is 294 g/mol. The fraction of sp³-hybridized carbons (Fsp3) is 0.857. The second-order valence-corrected chi connectivity index (χ2v) is 9.75. The molecule has 21 heavy (non-hydrogen) atoms. The fourth-order valence-electron chi connectivity index (χ4n) is 1.77. The van der Waals surface area contributed by atoms with Crippen molar-refractivity contribution in [1.29, 1.82) is 0 Å². The molecule has 1 heterocycles. The number of esters is 1. The lowest BCUT2D eigenvalue weighted by atomic mass is 9.95. The van der Waals surface area contributed by atoms with E-state index in [0.717, 1.165) is 0 Å². The molecule has 122 valence electrons. The van der Waals surface area contributed by atoms with Crippen LogP contribution in [0.15, 0.2) is 0 Å². The van der Waals surface area contributed by atoms with Crippen molar-refractivity contribution >= 4 is 21.7 Å². The first-order valence-electron chi connectivity index (χ1n) is 6.95. The first-order valence-corrected chi connectivity index (χ1v) is 8.77. The molecule has 0 bridgehead atoms. The molecule has 7 heteroatoms. The number of amides is 1. The van der Waals surface area contributed by atoms with E-state index in [1.54, 1.807) is 41.5 Å². The van der Waals surface area contributed by atoms with Crippen LogP contribution >= 0.6 is 0 Å². The highest BCUT2D eigenvalue weighted by Crippen LogP contribution is 2.23. The number of nitrogens with one attached hydrogen (secondary N) is 1. The van der Waals surface area contributed by atoms with Crippen LogP contribution in [0.2, 0.25) is 0 Å². The van der Waals surface area contributed by atoms with Crippen LogP contribution in [0.5, 0.6) is 0 Å². The second kappa shape index (κ2) is 5.59. The summed E-state index contributed by atoms with van der Waals surface area (Å²) in [4.78, 5) is 23.9. The minimum atomic E-state index is -3.32. The van der Waals surface area contributed by atoms with Gasteiger partial charge in [0.1, 0.15) is 6.10 Å². The van der Waals surface area contributed by atoms with E-state index >= 15 is 0 Å². The number of hydrogen-bond donors (Lipinski definition) is 1. The average molecular weight is 319 g/mol. The van der Waals surface area contributed by atoms with Crippen molar-refractivity contribution in [3.05, 3.63) is 0 Å². The van der Waals surface area contributed by atoms with Crippen LogP contribution in [0.3, 0.4) is 0 Å². The molecule has 0 radical (unpaired) electrons.